The lowest BCUT2D eigenvalue weighted by molar-refractivity contribution is -0.157. The second-order valence-corrected chi connectivity index (χ2v) is 10.9. The Morgan fingerprint density at radius 1 is 0.950 bits per heavy atom. The number of ether oxygens (including phenoxy) is 4. The molecule has 3 rings (SSSR count). The molecule has 0 atom stereocenters. The van der Waals surface area contributed by atoms with Crippen LogP contribution in [0, 0.1) is 0 Å². The second-order valence-electron chi connectivity index (χ2n) is 10.9. The molecule has 0 saturated carbocycles. The van der Waals surface area contributed by atoms with Crippen molar-refractivity contribution in [3.05, 3.63) is 47.5 Å². The number of nitrogens with two attached hydrogens (primary N) is 1. The number of benzene rings is 2. The minimum Gasteiger partial charge on any atom is -0.481 e. The van der Waals surface area contributed by atoms with E-state index in [-0.39, 0.29) is 39.9 Å². The van der Waals surface area contributed by atoms with Crippen molar-refractivity contribution in [2.24, 2.45) is 10.9 Å². The highest BCUT2D eigenvalue weighted by Gasteiger charge is 2.34. The predicted molar refractivity (Wildman–Crippen MR) is 145 cm³/mol. The summed E-state index contributed by atoms with van der Waals surface area (Å²) in [6.45, 7) is 10.7. The summed E-state index contributed by atoms with van der Waals surface area (Å²) in [5.74, 6) is -2.56. The van der Waals surface area contributed by atoms with Gasteiger partial charge in [-0.15, -0.1) is 0 Å². The SMILES string of the molecule is C/C(N)=N\OC(=O)c1ccc2c(c1)N(CC(=O)OC(C)(C)C)C(=O)c1c(OCC(=O)OC(C)(C)C)cccc1O2. The van der Waals surface area contributed by atoms with Crippen LogP contribution in [0.3, 0.4) is 0 Å². The lowest BCUT2D eigenvalue weighted by Gasteiger charge is -2.25. The molecule has 40 heavy (non-hydrogen) atoms. The molecule has 0 saturated heterocycles. The fraction of sp³-hybridized carbons (Fsp3) is 0.393. The molecule has 0 aromatic heterocycles. The van der Waals surface area contributed by atoms with Crippen LogP contribution in [0.5, 0.6) is 17.2 Å². The van der Waals surface area contributed by atoms with E-state index in [4.69, 9.17) is 29.5 Å². The van der Waals surface area contributed by atoms with Gasteiger partial charge in [0.05, 0.1) is 11.3 Å². The number of hydrogen-bond acceptors (Lipinski definition) is 10. The highest BCUT2D eigenvalue weighted by molar-refractivity contribution is 6.13. The zero-order valence-electron chi connectivity index (χ0n) is 23.5. The summed E-state index contributed by atoms with van der Waals surface area (Å²) in [7, 11) is 0. The Morgan fingerprint density at radius 3 is 2.23 bits per heavy atom. The topological polar surface area (TPSA) is 156 Å². The van der Waals surface area contributed by atoms with Crippen LogP contribution in [0.1, 0.15) is 69.2 Å². The molecule has 214 valence electrons. The van der Waals surface area contributed by atoms with Crippen LogP contribution < -0.4 is 20.1 Å². The van der Waals surface area contributed by atoms with E-state index in [1.165, 1.54) is 37.3 Å². The number of amidine groups is 1. The van der Waals surface area contributed by atoms with Crippen LogP contribution in [-0.4, -0.2) is 54.0 Å². The fourth-order valence-corrected chi connectivity index (χ4v) is 3.57. The molecule has 0 spiro atoms. The van der Waals surface area contributed by atoms with Gasteiger partial charge in [0.15, 0.2) is 12.4 Å². The van der Waals surface area contributed by atoms with Crippen LogP contribution in [0.2, 0.25) is 0 Å². The number of esters is 2. The molecular formula is C28H33N3O9. The predicted octanol–water partition coefficient (Wildman–Crippen LogP) is 3.95. The number of nitrogens with zero attached hydrogens (tertiary/aromatic N) is 2. The summed E-state index contributed by atoms with van der Waals surface area (Å²) in [6.07, 6.45) is 0. The van der Waals surface area contributed by atoms with E-state index in [1.54, 1.807) is 47.6 Å². The van der Waals surface area contributed by atoms with Gasteiger partial charge in [-0.25, -0.2) is 9.59 Å². The number of carbonyl (C=O) groups excluding carboxylic acids is 4. The number of carbonyl (C=O) groups is 4. The summed E-state index contributed by atoms with van der Waals surface area (Å²) >= 11 is 0. The zero-order chi connectivity index (χ0) is 29.8. The minimum atomic E-state index is -0.847. The van der Waals surface area contributed by atoms with Crippen molar-refractivity contribution in [2.45, 2.75) is 59.7 Å². The highest BCUT2D eigenvalue weighted by atomic mass is 16.7. The maximum Gasteiger partial charge on any atom is 0.365 e. The third kappa shape index (κ3) is 7.95. The molecule has 2 aromatic rings. The number of fused-ring (bicyclic) bond motifs is 2. The third-order valence-electron chi connectivity index (χ3n) is 4.90. The van der Waals surface area contributed by atoms with Crippen molar-refractivity contribution in [1.29, 1.82) is 0 Å². The van der Waals surface area contributed by atoms with Gasteiger partial charge < -0.3 is 29.5 Å². The van der Waals surface area contributed by atoms with E-state index in [1.807, 2.05) is 0 Å². The molecule has 12 heteroatoms. The van der Waals surface area contributed by atoms with Gasteiger partial charge in [-0.1, -0.05) is 11.2 Å². The first kappa shape index (κ1) is 29.9. The Labute approximate surface area is 231 Å². The Balaban J connectivity index is 2.05. The molecule has 2 aromatic carbocycles. The maximum atomic E-state index is 14.0. The number of hydrogen-bond donors (Lipinski definition) is 1. The average Bonchev–Trinajstić information content (AvgIpc) is 2.93. The third-order valence-corrected chi connectivity index (χ3v) is 4.90. The molecule has 12 nitrogen and oxygen atoms in total. The first-order chi connectivity index (χ1) is 18.5. The Hall–Kier alpha value is -4.61. The summed E-state index contributed by atoms with van der Waals surface area (Å²) in [5.41, 5.74) is 3.95. The van der Waals surface area contributed by atoms with E-state index in [0.29, 0.717) is 0 Å². The number of amides is 1. The van der Waals surface area contributed by atoms with Crippen LogP contribution >= 0.6 is 0 Å². The first-order valence-corrected chi connectivity index (χ1v) is 12.4. The molecule has 0 bridgehead atoms. The molecule has 0 aliphatic carbocycles. The van der Waals surface area contributed by atoms with E-state index >= 15 is 0 Å². The average molecular weight is 556 g/mol. The number of oxime groups is 1. The summed E-state index contributed by atoms with van der Waals surface area (Å²) < 4.78 is 22.4. The normalized spacial score (nSPS) is 13.3. The molecular weight excluding hydrogens is 522 g/mol. The summed E-state index contributed by atoms with van der Waals surface area (Å²) in [4.78, 5) is 57.6. The monoisotopic (exact) mass is 555 g/mol. The summed E-state index contributed by atoms with van der Waals surface area (Å²) in [5, 5.41) is 3.46. The highest BCUT2D eigenvalue weighted by Crippen LogP contribution is 2.42. The maximum absolute atomic E-state index is 14.0. The van der Waals surface area contributed by atoms with Gasteiger partial charge in [-0.3, -0.25) is 14.5 Å². The zero-order valence-corrected chi connectivity index (χ0v) is 23.5. The lowest BCUT2D eigenvalue weighted by Crippen LogP contribution is -2.39. The van der Waals surface area contributed by atoms with E-state index in [0.717, 1.165) is 4.90 Å². The smallest absolute Gasteiger partial charge is 0.365 e. The fourth-order valence-electron chi connectivity index (χ4n) is 3.57. The molecule has 1 amide bonds. The summed E-state index contributed by atoms with van der Waals surface area (Å²) in [6, 6.07) is 8.79. The Bertz CT molecular complexity index is 1350. The molecule has 0 unspecified atom stereocenters. The Kier molecular flexibility index (Phi) is 8.71. The first-order valence-electron chi connectivity index (χ1n) is 12.4. The van der Waals surface area contributed by atoms with Crippen molar-refractivity contribution < 1.29 is 43.0 Å². The van der Waals surface area contributed by atoms with Crippen molar-refractivity contribution in [1.82, 2.24) is 0 Å². The lowest BCUT2D eigenvalue weighted by atomic mass is 10.1. The van der Waals surface area contributed by atoms with Crippen LogP contribution in [0.15, 0.2) is 41.6 Å². The van der Waals surface area contributed by atoms with Gasteiger partial charge in [0.25, 0.3) is 5.91 Å². The second kappa shape index (κ2) is 11.6. The van der Waals surface area contributed by atoms with Gasteiger partial charge in [0.2, 0.25) is 0 Å². The molecule has 1 aliphatic heterocycles. The van der Waals surface area contributed by atoms with Gasteiger partial charge >= 0.3 is 17.9 Å². The largest absolute Gasteiger partial charge is 0.481 e. The Morgan fingerprint density at radius 2 is 1.60 bits per heavy atom. The number of anilines is 1. The van der Waals surface area contributed by atoms with E-state index in [9.17, 15) is 19.2 Å². The molecule has 0 radical (unpaired) electrons. The number of rotatable bonds is 7. The van der Waals surface area contributed by atoms with Crippen molar-refractivity contribution in [2.75, 3.05) is 18.1 Å². The van der Waals surface area contributed by atoms with Crippen molar-refractivity contribution in [3.8, 4) is 17.2 Å². The minimum absolute atomic E-state index is 0.0155. The van der Waals surface area contributed by atoms with Crippen LogP contribution in [-0.2, 0) is 23.9 Å². The molecule has 0 fully saturated rings. The van der Waals surface area contributed by atoms with Gasteiger partial charge in [-0.05, 0) is 78.8 Å². The quantitative estimate of drug-likeness (QED) is 0.174. The van der Waals surface area contributed by atoms with Gasteiger partial charge in [0, 0.05) is 0 Å². The van der Waals surface area contributed by atoms with E-state index < -0.39 is 48.2 Å². The van der Waals surface area contributed by atoms with Crippen LogP contribution in [0.4, 0.5) is 5.69 Å². The van der Waals surface area contributed by atoms with Gasteiger partial charge in [0.1, 0.15) is 40.6 Å². The molecule has 1 heterocycles. The van der Waals surface area contributed by atoms with Crippen molar-refractivity contribution in [3.63, 3.8) is 0 Å². The van der Waals surface area contributed by atoms with Crippen LogP contribution in [0.25, 0.3) is 0 Å². The van der Waals surface area contributed by atoms with E-state index in [2.05, 4.69) is 5.16 Å². The molecule has 2 N–H and O–H groups in total. The van der Waals surface area contributed by atoms with Crippen molar-refractivity contribution >= 4 is 35.3 Å². The van der Waals surface area contributed by atoms with Gasteiger partial charge in [-0.2, -0.15) is 0 Å². The molecule has 1 aliphatic rings. The standard InChI is InChI=1S/C28H33N3O9/c1-16(29)30-40-26(35)17-11-12-19-18(13-17)31(14-22(32)38-27(2,3)4)25(34)24-20(9-8-10-21(24)37-19)36-15-23(33)39-28(5,6)7/h8-13H,14-15H2,1-7H3,(H2,29,30).